The van der Waals surface area contributed by atoms with Crippen molar-refractivity contribution in [1.82, 2.24) is 14.7 Å². The zero-order valence-electron chi connectivity index (χ0n) is 12.3. The summed E-state index contributed by atoms with van der Waals surface area (Å²) < 4.78 is 0. The lowest BCUT2D eigenvalue weighted by atomic mass is 10.2. The van der Waals surface area contributed by atoms with E-state index in [2.05, 4.69) is 42.9 Å². The molecule has 0 saturated heterocycles. The van der Waals surface area contributed by atoms with E-state index in [-0.39, 0.29) is 6.10 Å². The van der Waals surface area contributed by atoms with E-state index >= 15 is 0 Å². The van der Waals surface area contributed by atoms with Crippen molar-refractivity contribution < 1.29 is 5.11 Å². The van der Waals surface area contributed by atoms with Gasteiger partial charge >= 0.3 is 0 Å². The lowest BCUT2D eigenvalue weighted by Gasteiger charge is -2.25. The van der Waals surface area contributed by atoms with Gasteiger partial charge in [-0.25, -0.2) is 0 Å². The second kappa shape index (κ2) is 9.83. The van der Waals surface area contributed by atoms with Gasteiger partial charge in [0, 0.05) is 26.2 Å². The molecule has 0 aromatic carbocycles. The van der Waals surface area contributed by atoms with Crippen molar-refractivity contribution in [2.75, 3.05) is 60.9 Å². The van der Waals surface area contributed by atoms with Gasteiger partial charge in [-0.3, -0.25) is 0 Å². The summed E-state index contributed by atoms with van der Waals surface area (Å²) in [5.41, 5.74) is 0. The second-order valence-electron chi connectivity index (χ2n) is 5.44. The molecule has 4 heteroatoms. The number of likely N-dealkylation sites (N-methyl/N-ethyl adjacent to an activating group) is 2. The predicted octanol–water partition coefficient (Wildman–Crippen LogP) is 0.573. The highest BCUT2D eigenvalue weighted by Gasteiger charge is 2.06. The SMILES string of the molecule is CC(O)CCCN(CCN(C)C)CCN(C)C. The molecule has 0 heterocycles. The summed E-state index contributed by atoms with van der Waals surface area (Å²) >= 11 is 0. The monoisotopic (exact) mass is 245 g/mol. The number of rotatable bonds is 10. The van der Waals surface area contributed by atoms with Crippen molar-refractivity contribution in [2.24, 2.45) is 0 Å². The van der Waals surface area contributed by atoms with Crippen LogP contribution in [0.1, 0.15) is 19.8 Å². The van der Waals surface area contributed by atoms with E-state index in [1.807, 2.05) is 6.92 Å². The van der Waals surface area contributed by atoms with E-state index in [4.69, 9.17) is 0 Å². The zero-order valence-corrected chi connectivity index (χ0v) is 12.3. The summed E-state index contributed by atoms with van der Waals surface area (Å²) in [7, 11) is 8.44. The first-order valence-corrected chi connectivity index (χ1v) is 6.61. The van der Waals surface area contributed by atoms with Crippen LogP contribution in [0.15, 0.2) is 0 Å². The third kappa shape index (κ3) is 12.1. The molecule has 0 spiro atoms. The van der Waals surface area contributed by atoms with E-state index in [0.717, 1.165) is 45.6 Å². The van der Waals surface area contributed by atoms with Gasteiger partial charge in [0.15, 0.2) is 0 Å². The molecular weight excluding hydrogens is 214 g/mol. The quantitative estimate of drug-likeness (QED) is 0.609. The molecule has 0 amide bonds. The standard InChI is InChI=1S/C13H31N3O/c1-13(17)7-6-8-16(11-9-14(2)3)12-10-15(4)5/h13,17H,6-12H2,1-5H3. The highest BCUT2D eigenvalue weighted by Crippen LogP contribution is 2.00. The van der Waals surface area contributed by atoms with Crippen molar-refractivity contribution in [3.05, 3.63) is 0 Å². The summed E-state index contributed by atoms with van der Waals surface area (Å²) in [5.74, 6) is 0. The van der Waals surface area contributed by atoms with Crippen LogP contribution in [0.3, 0.4) is 0 Å². The third-order valence-electron chi connectivity index (χ3n) is 2.82. The Morgan fingerprint density at radius 2 is 1.29 bits per heavy atom. The number of hydrogen-bond donors (Lipinski definition) is 1. The molecule has 0 aliphatic rings. The van der Waals surface area contributed by atoms with Crippen LogP contribution in [-0.2, 0) is 0 Å². The van der Waals surface area contributed by atoms with Gasteiger partial charge in [0.25, 0.3) is 0 Å². The van der Waals surface area contributed by atoms with Gasteiger partial charge in [0.2, 0.25) is 0 Å². The van der Waals surface area contributed by atoms with E-state index in [9.17, 15) is 5.11 Å². The first-order valence-electron chi connectivity index (χ1n) is 6.61. The van der Waals surface area contributed by atoms with Crippen LogP contribution < -0.4 is 0 Å². The van der Waals surface area contributed by atoms with Crippen molar-refractivity contribution >= 4 is 0 Å². The Labute approximate surface area is 107 Å². The minimum Gasteiger partial charge on any atom is -0.393 e. The van der Waals surface area contributed by atoms with Crippen LogP contribution in [0.5, 0.6) is 0 Å². The Balaban J connectivity index is 3.84. The molecule has 0 aromatic rings. The van der Waals surface area contributed by atoms with Gasteiger partial charge in [0.1, 0.15) is 0 Å². The van der Waals surface area contributed by atoms with Crippen LogP contribution in [0, 0.1) is 0 Å². The van der Waals surface area contributed by atoms with Gasteiger partial charge in [-0.15, -0.1) is 0 Å². The van der Waals surface area contributed by atoms with Crippen LogP contribution in [-0.4, -0.2) is 86.8 Å². The molecule has 104 valence electrons. The van der Waals surface area contributed by atoms with Crippen LogP contribution >= 0.6 is 0 Å². The second-order valence-corrected chi connectivity index (χ2v) is 5.44. The Morgan fingerprint density at radius 3 is 1.65 bits per heavy atom. The number of aliphatic hydroxyl groups excluding tert-OH is 1. The average Bonchev–Trinajstić information content (AvgIpc) is 2.20. The maximum Gasteiger partial charge on any atom is 0.0512 e. The van der Waals surface area contributed by atoms with E-state index in [1.54, 1.807) is 0 Å². The van der Waals surface area contributed by atoms with E-state index in [1.165, 1.54) is 0 Å². The molecule has 17 heavy (non-hydrogen) atoms. The maximum absolute atomic E-state index is 9.27. The van der Waals surface area contributed by atoms with Crippen molar-refractivity contribution in [2.45, 2.75) is 25.9 Å². The van der Waals surface area contributed by atoms with Gasteiger partial charge in [0.05, 0.1) is 6.10 Å². The van der Waals surface area contributed by atoms with Gasteiger partial charge in [-0.2, -0.15) is 0 Å². The van der Waals surface area contributed by atoms with Crippen LogP contribution in [0.2, 0.25) is 0 Å². The lowest BCUT2D eigenvalue weighted by Crippen LogP contribution is -2.37. The predicted molar refractivity (Wildman–Crippen MR) is 74.5 cm³/mol. The molecule has 1 N–H and O–H groups in total. The van der Waals surface area contributed by atoms with Crippen molar-refractivity contribution in [1.29, 1.82) is 0 Å². The molecule has 0 aliphatic carbocycles. The Kier molecular flexibility index (Phi) is 9.74. The summed E-state index contributed by atoms with van der Waals surface area (Å²) in [4.78, 5) is 6.93. The van der Waals surface area contributed by atoms with Crippen molar-refractivity contribution in [3.63, 3.8) is 0 Å². The van der Waals surface area contributed by atoms with Gasteiger partial charge in [-0.1, -0.05) is 0 Å². The summed E-state index contributed by atoms with van der Waals surface area (Å²) in [6.07, 6.45) is 1.82. The first kappa shape index (κ1) is 16.8. The molecule has 0 radical (unpaired) electrons. The molecule has 0 aromatic heterocycles. The highest BCUT2D eigenvalue weighted by atomic mass is 16.3. The largest absolute Gasteiger partial charge is 0.393 e. The fraction of sp³-hybridized carbons (Fsp3) is 1.00. The molecule has 1 atom stereocenters. The Hall–Kier alpha value is -0.160. The fourth-order valence-electron chi connectivity index (χ4n) is 1.63. The van der Waals surface area contributed by atoms with Crippen molar-refractivity contribution in [3.8, 4) is 0 Å². The average molecular weight is 245 g/mol. The maximum atomic E-state index is 9.27. The normalized spacial score (nSPS) is 13.9. The fourth-order valence-corrected chi connectivity index (χ4v) is 1.63. The zero-order chi connectivity index (χ0) is 13.3. The number of hydrogen-bond acceptors (Lipinski definition) is 4. The minimum atomic E-state index is -0.167. The molecule has 0 saturated carbocycles. The molecule has 0 fully saturated rings. The Morgan fingerprint density at radius 1 is 0.824 bits per heavy atom. The molecular formula is C13H31N3O. The number of aliphatic hydroxyl groups is 1. The van der Waals surface area contributed by atoms with E-state index in [0.29, 0.717) is 0 Å². The highest BCUT2D eigenvalue weighted by molar-refractivity contribution is 4.62. The Bertz CT molecular complexity index is 160. The number of nitrogens with zero attached hydrogens (tertiary/aromatic N) is 3. The molecule has 1 unspecified atom stereocenters. The van der Waals surface area contributed by atoms with Crippen LogP contribution in [0.25, 0.3) is 0 Å². The molecule has 0 rings (SSSR count). The van der Waals surface area contributed by atoms with E-state index < -0.39 is 0 Å². The minimum absolute atomic E-state index is 0.167. The molecule has 0 bridgehead atoms. The summed E-state index contributed by atoms with van der Waals surface area (Å²) in [6, 6.07) is 0. The summed E-state index contributed by atoms with van der Waals surface area (Å²) in [5, 5.41) is 9.27. The molecule has 0 aliphatic heterocycles. The third-order valence-corrected chi connectivity index (χ3v) is 2.82. The molecule has 4 nitrogen and oxygen atoms in total. The smallest absolute Gasteiger partial charge is 0.0512 e. The first-order chi connectivity index (χ1) is 7.91. The van der Waals surface area contributed by atoms with Gasteiger partial charge in [-0.05, 0) is 54.5 Å². The van der Waals surface area contributed by atoms with Gasteiger partial charge < -0.3 is 19.8 Å². The summed E-state index contributed by atoms with van der Waals surface area (Å²) in [6.45, 7) is 7.38. The topological polar surface area (TPSA) is 30.0 Å². The van der Waals surface area contributed by atoms with Crippen LogP contribution in [0.4, 0.5) is 0 Å². The lowest BCUT2D eigenvalue weighted by molar-refractivity contribution is 0.164.